The van der Waals surface area contributed by atoms with E-state index in [1.165, 1.54) is 12.0 Å². The first-order chi connectivity index (χ1) is 13.2. The molecule has 0 bridgehead atoms. The molecule has 2 aliphatic heterocycles. The highest BCUT2D eigenvalue weighted by Gasteiger charge is 2.44. The number of carboxylic acid groups (broad SMARTS) is 1. The van der Waals surface area contributed by atoms with Crippen molar-refractivity contribution in [3.05, 3.63) is 30.1 Å². The number of aromatic nitrogens is 1. The quantitative estimate of drug-likeness (QED) is 0.843. The highest BCUT2D eigenvalue weighted by Crippen LogP contribution is 2.39. The van der Waals surface area contributed by atoms with Crippen molar-refractivity contribution in [3.8, 4) is 0 Å². The number of aliphatic carboxylic acids is 1. The van der Waals surface area contributed by atoms with Gasteiger partial charge >= 0.3 is 12.1 Å². The molecule has 2 fully saturated rings. The molecule has 0 saturated carbocycles. The smallest absolute Gasteiger partial charge is 0.475 e. The van der Waals surface area contributed by atoms with Gasteiger partial charge in [0.25, 0.3) is 0 Å². The van der Waals surface area contributed by atoms with E-state index in [0.29, 0.717) is 5.91 Å². The molecule has 9 heteroatoms. The molecule has 1 aromatic heterocycles. The number of hydrogen-bond acceptors (Lipinski definition) is 4. The first-order valence-corrected chi connectivity index (χ1v) is 9.40. The van der Waals surface area contributed by atoms with Crippen molar-refractivity contribution in [1.29, 1.82) is 0 Å². The van der Waals surface area contributed by atoms with E-state index in [1.54, 1.807) is 0 Å². The largest absolute Gasteiger partial charge is 0.490 e. The number of carbonyl (C=O) groups is 2. The Labute approximate surface area is 162 Å². The average Bonchev–Trinajstić information content (AvgIpc) is 2.81. The topological polar surface area (TPSA) is 73.7 Å². The number of amides is 1. The molecule has 0 aromatic carbocycles. The maximum Gasteiger partial charge on any atom is 0.490 e. The Morgan fingerprint density at radius 1 is 1.29 bits per heavy atom. The lowest BCUT2D eigenvalue weighted by Gasteiger charge is -2.37. The highest BCUT2D eigenvalue weighted by molar-refractivity contribution is 5.79. The van der Waals surface area contributed by atoms with Crippen molar-refractivity contribution in [1.82, 2.24) is 14.8 Å². The van der Waals surface area contributed by atoms with Crippen LogP contribution in [0.5, 0.6) is 0 Å². The summed E-state index contributed by atoms with van der Waals surface area (Å²) in [4.78, 5) is 29.8. The minimum Gasteiger partial charge on any atom is -0.475 e. The second-order valence-electron chi connectivity index (χ2n) is 7.16. The van der Waals surface area contributed by atoms with Gasteiger partial charge in [0.2, 0.25) is 5.91 Å². The van der Waals surface area contributed by atoms with Crippen molar-refractivity contribution < 1.29 is 27.9 Å². The molecule has 1 unspecified atom stereocenters. The zero-order valence-corrected chi connectivity index (χ0v) is 15.9. The Morgan fingerprint density at radius 2 is 2.00 bits per heavy atom. The van der Waals surface area contributed by atoms with Crippen LogP contribution in [0.3, 0.4) is 0 Å². The molecule has 1 N–H and O–H groups in total. The second kappa shape index (κ2) is 9.36. The van der Waals surface area contributed by atoms with Gasteiger partial charge < -0.3 is 10.0 Å². The van der Waals surface area contributed by atoms with Crippen LogP contribution in [-0.2, 0) is 16.1 Å². The van der Waals surface area contributed by atoms with Gasteiger partial charge in [0.05, 0.1) is 0 Å². The predicted molar refractivity (Wildman–Crippen MR) is 96.4 cm³/mol. The van der Waals surface area contributed by atoms with E-state index in [0.717, 1.165) is 51.9 Å². The number of hydrogen-bond donors (Lipinski definition) is 1. The van der Waals surface area contributed by atoms with Crippen LogP contribution in [0.2, 0.25) is 0 Å². The number of pyridine rings is 1. The van der Waals surface area contributed by atoms with Crippen LogP contribution in [0.25, 0.3) is 0 Å². The van der Waals surface area contributed by atoms with E-state index in [4.69, 9.17) is 9.90 Å². The van der Waals surface area contributed by atoms with Gasteiger partial charge in [-0.3, -0.25) is 14.7 Å². The molecule has 0 radical (unpaired) electrons. The van der Waals surface area contributed by atoms with Crippen molar-refractivity contribution in [2.24, 2.45) is 0 Å². The molecule has 2 aliphatic rings. The fourth-order valence-electron chi connectivity index (χ4n) is 4.05. The van der Waals surface area contributed by atoms with Crippen LogP contribution < -0.4 is 0 Å². The Bertz CT molecular complexity index is 669. The van der Waals surface area contributed by atoms with Gasteiger partial charge in [0.15, 0.2) is 0 Å². The van der Waals surface area contributed by atoms with E-state index in [9.17, 15) is 18.0 Å². The molecule has 156 valence electrons. The van der Waals surface area contributed by atoms with Crippen molar-refractivity contribution >= 4 is 11.9 Å². The summed E-state index contributed by atoms with van der Waals surface area (Å²) in [5.74, 6) is -2.40. The van der Waals surface area contributed by atoms with Crippen LogP contribution in [0.1, 0.15) is 44.6 Å². The normalized spacial score (nSPS) is 23.3. The third kappa shape index (κ3) is 5.67. The summed E-state index contributed by atoms with van der Waals surface area (Å²) >= 11 is 0. The molecule has 1 spiro atoms. The van der Waals surface area contributed by atoms with Gasteiger partial charge in [-0.05, 0) is 50.8 Å². The van der Waals surface area contributed by atoms with Crippen molar-refractivity contribution in [2.75, 3.05) is 19.6 Å². The first kappa shape index (κ1) is 22.1. The van der Waals surface area contributed by atoms with Crippen molar-refractivity contribution in [3.63, 3.8) is 0 Å². The predicted octanol–water partition coefficient (Wildman–Crippen LogP) is 3.08. The summed E-state index contributed by atoms with van der Waals surface area (Å²) in [6, 6.07) is 4.15. The molecule has 28 heavy (non-hydrogen) atoms. The Hall–Kier alpha value is -2.16. The van der Waals surface area contributed by atoms with Gasteiger partial charge in [0.1, 0.15) is 0 Å². The fourth-order valence-corrected chi connectivity index (χ4v) is 4.05. The minimum atomic E-state index is -5.08. The standard InChI is InChI=1S/C17H25N3O.C2HF3O2/c1-2-20-16(21)6-8-17(20)7-4-11-19(12-9-17)14-15-5-3-10-18-13-15;3-2(4,5)1(6)7/h3,5,10,13H,2,4,6-9,11-12,14H2,1H3;(H,6,7). The summed E-state index contributed by atoms with van der Waals surface area (Å²) < 4.78 is 31.7. The third-order valence-electron chi connectivity index (χ3n) is 5.38. The van der Waals surface area contributed by atoms with Crippen LogP contribution in [0, 0.1) is 0 Å². The highest BCUT2D eigenvalue weighted by atomic mass is 19.4. The molecule has 1 atom stereocenters. The van der Waals surface area contributed by atoms with Gasteiger partial charge in [0, 0.05) is 44.0 Å². The monoisotopic (exact) mass is 401 g/mol. The number of carboxylic acids is 1. The fraction of sp³-hybridized carbons (Fsp3) is 0.632. The maximum atomic E-state index is 12.1. The Morgan fingerprint density at radius 3 is 2.57 bits per heavy atom. The second-order valence-corrected chi connectivity index (χ2v) is 7.16. The summed E-state index contributed by atoms with van der Waals surface area (Å²) in [5.41, 5.74) is 1.43. The van der Waals surface area contributed by atoms with E-state index < -0.39 is 12.1 Å². The maximum absolute atomic E-state index is 12.1. The number of likely N-dealkylation sites (tertiary alicyclic amines) is 2. The molecule has 3 heterocycles. The summed E-state index contributed by atoms with van der Waals surface area (Å²) in [5, 5.41) is 7.12. The zero-order chi connectivity index (χ0) is 20.8. The Kier molecular flexibility index (Phi) is 7.40. The molecule has 1 aromatic rings. The molecule has 3 rings (SSSR count). The van der Waals surface area contributed by atoms with Gasteiger partial charge in [-0.2, -0.15) is 13.2 Å². The lowest BCUT2D eigenvalue weighted by atomic mass is 9.88. The molecular weight excluding hydrogens is 375 g/mol. The van der Waals surface area contributed by atoms with Gasteiger partial charge in [-0.15, -0.1) is 0 Å². The van der Waals surface area contributed by atoms with E-state index >= 15 is 0 Å². The molecule has 0 aliphatic carbocycles. The van der Waals surface area contributed by atoms with Crippen molar-refractivity contribution in [2.45, 2.75) is 57.3 Å². The van der Waals surface area contributed by atoms with E-state index in [-0.39, 0.29) is 5.54 Å². The summed E-state index contributed by atoms with van der Waals surface area (Å²) in [7, 11) is 0. The number of alkyl halides is 3. The zero-order valence-electron chi connectivity index (χ0n) is 15.9. The minimum absolute atomic E-state index is 0.148. The lowest BCUT2D eigenvalue weighted by molar-refractivity contribution is -0.192. The van der Waals surface area contributed by atoms with Crippen LogP contribution in [-0.4, -0.2) is 63.1 Å². The number of nitrogens with zero attached hydrogens (tertiary/aromatic N) is 3. The Balaban J connectivity index is 0.000000345. The van der Waals surface area contributed by atoms with E-state index in [2.05, 4.69) is 27.8 Å². The van der Waals surface area contributed by atoms with Gasteiger partial charge in [-0.1, -0.05) is 6.07 Å². The summed E-state index contributed by atoms with van der Waals surface area (Å²) in [6.07, 6.45) is 3.96. The molecule has 1 amide bonds. The molecule has 2 saturated heterocycles. The van der Waals surface area contributed by atoms with E-state index in [1.807, 2.05) is 18.5 Å². The third-order valence-corrected chi connectivity index (χ3v) is 5.38. The number of halogens is 3. The van der Waals surface area contributed by atoms with Gasteiger partial charge in [-0.25, -0.2) is 4.79 Å². The van der Waals surface area contributed by atoms with Crippen LogP contribution in [0.4, 0.5) is 13.2 Å². The number of rotatable bonds is 3. The first-order valence-electron chi connectivity index (χ1n) is 9.40. The SMILES string of the molecule is CCN1C(=O)CCC12CCCN(Cc1cccnc1)CC2.O=C(O)C(F)(F)F. The number of carbonyl (C=O) groups excluding carboxylic acids is 1. The van der Waals surface area contributed by atoms with Crippen LogP contribution in [0.15, 0.2) is 24.5 Å². The molecule has 6 nitrogen and oxygen atoms in total. The molecular formula is C19H26F3N3O3. The average molecular weight is 401 g/mol. The van der Waals surface area contributed by atoms with Crippen LogP contribution >= 0.6 is 0 Å². The summed E-state index contributed by atoms with van der Waals surface area (Å²) in [6.45, 7) is 6.16. The lowest BCUT2D eigenvalue weighted by Crippen LogP contribution is -2.46.